The van der Waals surface area contributed by atoms with Crippen molar-refractivity contribution < 1.29 is 0 Å². The average molecular weight is 447 g/mol. The maximum atomic E-state index is 13.4. The van der Waals surface area contributed by atoms with Gasteiger partial charge in [-0.15, -0.1) is 0 Å². The van der Waals surface area contributed by atoms with Crippen LogP contribution >= 0.6 is 11.6 Å². The number of nitrogens with two attached hydrogens (primary N) is 1. The highest BCUT2D eigenvalue weighted by Crippen LogP contribution is 2.32. The fraction of sp³-hybridized carbons (Fsp3) is 0.250. The van der Waals surface area contributed by atoms with Crippen LogP contribution in [0.5, 0.6) is 0 Å². The van der Waals surface area contributed by atoms with E-state index >= 15 is 0 Å². The van der Waals surface area contributed by atoms with Crippen molar-refractivity contribution in [3.8, 4) is 22.4 Å². The van der Waals surface area contributed by atoms with Crippen molar-refractivity contribution in [2.75, 3.05) is 11.9 Å². The summed E-state index contributed by atoms with van der Waals surface area (Å²) in [6.45, 7) is 2.62. The van der Waals surface area contributed by atoms with E-state index in [-0.39, 0.29) is 5.56 Å². The number of aromatic nitrogens is 4. The number of aryl methyl sites for hydroxylation is 1. The molecule has 0 amide bonds. The molecule has 0 atom stereocenters. The number of hydrogen-bond donors (Lipinski definition) is 2. The quantitative estimate of drug-likeness (QED) is 0.464. The number of hydrogen-bond acceptors (Lipinski definition) is 6. The lowest BCUT2D eigenvalue weighted by molar-refractivity contribution is 0.700. The number of nitrogens with one attached hydrogen (secondary N) is 1. The Kier molecular flexibility index (Phi) is 5.36. The van der Waals surface area contributed by atoms with Crippen molar-refractivity contribution in [2.24, 2.45) is 5.73 Å². The number of pyridine rings is 2. The standard InChI is InChI=1S/C24H23ClN6O/c1-14-3-2-4-21(28-14)15-5-8-18(20(25)12-15)19-11-16-13-27-24(29-17-6-7-17)30-22(16)31(10-9-26)23(19)32/h2-5,8,11-13,17H,6-7,9-10,26H2,1H3,(H,27,29,30). The van der Waals surface area contributed by atoms with Crippen molar-refractivity contribution in [1.82, 2.24) is 19.5 Å². The summed E-state index contributed by atoms with van der Waals surface area (Å²) in [4.78, 5) is 27.0. The predicted molar refractivity (Wildman–Crippen MR) is 128 cm³/mol. The summed E-state index contributed by atoms with van der Waals surface area (Å²) in [5.74, 6) is 0.533. The van der Waals surface area contributed by atoms with Crippen molar-refractivity contribution in [3.05, 3.63) is 69.7 Å². The van der Waals surface area contributed by atoms with Crippen LogP contribution in [0.25, 0.3) is 33.4 Å². The van der Waals surface area contributed by atoms with Crippen LogP contribution in [-0.2, 0) is 6.54 Å². The Balaban J connectivity index is 1.61. The zero-order valence-electron chi connectivity index (χ0n) is 17.7. The molecule has 0 bridgehead atoms. The smallest absolute Gasteiger partial charge is 0.260 e. The van der Waals surface area contributed by atoms with E-state index < -0.39 is 0 Å². The van der Waals surface area contributed by atoms with Crippen LogP contribution < -0.4 is 16.6 Å². The van der Waals surface area contributed by atoms with Gasteiger partial charge in [0.2, 0.25) is 5.95 Å². The molecule has 3 heterocycles. The highest BCUT2D eigenvalue weighted by Gasteiger charge is 2.22. The molecule has 0 spiro atoms. The van der Waals surface area contributed by atoms with Gasteiger partial charge in [-0.2, -0.15) is 4.98 Å². The molecule has 0 unspecified atom stereocenters. The van der Waals surface area contributed by atoms with Gasteiger partial charge < -0.3 is 11.1 Å². The molecule has 0 saturated heterocycles. The lowest BCUT2D eigenvalue weighted by Crippen LogP contribution is -2.26. The minimum absolute atomic E-state index is 0.178. The average Bonchev–Trinajstić information content (AvgIpc) is 3.60. The Hall–Kier alpha value is -3.29. The first kappa shape index (κ1) is 20.6. The zero-order valence-corrected chi connectivity index (χ0v) is 18.4. The number of fused-ring (bicyclic) bond motifs is 1. The highest BCUT2D eigenvalue weighted by molar-refractivity contribution is 6.33. The van der Waals surface area contributed by atoms with E-state index in [2.05, 4.69) is 20.3 Å². The zero-order chi connectivity index (χ0) is 22.2. The van der Waals surface area contributed by atoms with Gasteiger partial charge >= 0.3 is 0 Å². The fourth-order valence-electron chi connectivity index (χ4n) is 3.76. The Morgan fingerprint density at radius 3 is 2.72 bits per heavy atom. The van der Waals surface area contributed by atoms with Crippen molar-refractivity contribution in [1.29, 1.82) is 0 Å². The molecule has 1 aliphatic rings. The van der Waals surface area contributed by atoms with Crippen molar-refractivity contribution in [3.63, 3.8) is 0 Å². The molecule has 7 nitrogen and oxygen atoms in total. The summed E-state index contributed by atoms with van der Waals surface area (Å²) in [6.07, 6.45) is 3.97. The first-order chi connectivity index (χ1) is 15.5. The molecule has 32 heavy (non-hydrogen) atoms. The normalized spacial score (nSPS) is 13.5. The molecule has 5 rings (SSSR count). The number of benzene rings is 1. The lowest BCUT2D eigenvalue weighted by atomic mass is 10.0. The Bertz CT molecular complexity index is 1380. The van der Waals surface area contributed by atoms with Crippen molar-refractivity contribution in [2.45, 2.75) is 32.4 Å². The maximum absolute atomic E-state index is 13.4. The summed E-state index contributed by atoms with van der Waals surface area (Å²) in [7, 11) is 0. The molecular weight excluding hydrogens is 424 g/mol. The van der Waals surface area contributed by atoms with Crippen LogP contribution in [-0.4, -0.2) is 32.1 Å². The monoisotopic (exact) mass is 446 g/mol. The number of anilines is 1. The molecule has 3 N–H and O–H groups in total. The third-order valence-electron chi connectivity index (χ3n) is 5.53. The molecule has 1 aliphatic carbocycles. The van der Waals surface area contributed by atoms with Gasteiger partial charge in [-0.3, -0.25) is 14.3 Å². The summed E-state index contributed by atoms with van der Waals surface area (Å²) in [5.41, 5.74) is 10.0. The van der Waals surface area contributed by atoms with Crippen LogP contribution in [0.15, 0.2) is 53.5 Å². The molecular formula is C24H23ClN6O. The molecule has 3 aromatic heterocycles. The lowest BCUT2D eigenvalue weighted by Gasteiger charge is -2.14. The molecule has 0 aliphatic heterocycles. The SMILES string of the molecule is Cc1cccc(-c2ccc(-c3cc4cnc(NC5CC5)nc4n(CCN)c3=O)c(Cl)c2)n1. The Morgan fingerprint density at radius 1 is 1.16 bits per heavy atom. The predicted octanol–water partition coefficient (Wildman–Crippen LogP) is 4.02. The summed E-state index contributed by atoms with van der Waals surface area (Å²) < 4.78 is 1.61. The van der Waals surface area contributed by atoms with E-state index in [1.165, 1.54) is 0 Å². The molecule has 162 valence electrons. The van der Waals surface area contributed by atoms with Crippen molar-refractivity contribution >= 4 is 28.6 Å². The third kappa shape index (κ3) is 3.97. The van der Waals surface area contributed by atoms with Gasteiger partial charge in [-0.1, -0.05) is 29.8 Å². The first-order valence-electron chi connectivity index (χ1n) is 10.6. The maximum Gasteiger partial charge on any atom is 0.260 e. The van der Waals surface area contributed by atoms with E-state index in [1.54, 1.807) is 16.8 Å². The van der Waals surface area contributed by atoms with E-state index in [0.29, 0.717) is 46.9 Å². The molecule has 4 aromatic rings. The minimum Gasteiger partial charge on any atom is -0.351 e. The first-order valence-corrected chi connectivity index (χ1v) is 11.0. The molecule has 0 radical (unpaired) electrons. The van der Waals surface area contributed by atoms with Crippen LogP contribution in [0, 0.1) is 6.92 Å². The van der Waals surface area contributed by atoms with Gasteiger partial charge in [0.1, 0.15) is 5.65 Å². The summed E-state index contributed by atoms with van der Waals surface area (Å²) in [5, 5.41) is 4.52. The number of rotatable bonds is 6. The third-order valence-corrected chi connectivity index (χ3v) is 5.85. The minimum atomic E-state index is -0.178. The van der Waals surface area contributed by atoms with E-state index in [9.17, 15) is 4.79 Å². The molecule has 1 saturated carbocycles. The Morgan fingerprint density at radius 2 is 2.00 bits per heavy atom. The van der Waals surface area contributed by atoms with Crippen LogP contribution in [0.4, 0.5) is 5.95 Å². The van der Waals surface area contributed by atoms with Crippen LogP contribution in [0.1, 0.15) is 18.5 Å². The summed E-state index contributed by atoms with van der Waals surface area (Å²) in [6, 6.07) is 13.7. The highest BCUT2D eigenvalue weighted by atomic mass is 35.5. The summed E-state index contributed by atoms with van der Waals surface area (Å²) >= 11 is 6.65. The van der Waals surface area contributed by atoms with Gasteiger partial charge in [0.05, 0.1) is 5.69 Å². The number of halogens is 1. The second-order valence-electron chi connectivity index (χ2n) is 8.05. The second kappa shape index (κ2) is 8.33. The Labute approximate surface area is 190 Å². The van der Waals surface area contributed by atoms with Gasteiger partial charge in [0.25, 0.3) is 5.56 Å². The van der Waals surface area contributed by atoms with Gasteiger partial charge in [0.15, 0.2) is 0 Å². The fourth-order valence-corrected chi connectivity index (χ4v) is 4.05. The van der Waals surface area contributed by atoms with E-state index in [1.807, 2.05) is 43.3 Å². The molecule has 1 fully saturated rings. The topological polar surface area (TPSA) is 98.7 Å². The van der Waals surface area contributed by atoms with E-state index in [4.69, 9.17) is 17.3 Å². The number of nitrogens with zero attached hydrogens (tertiary/aromatic N) is 4. The molecule has 8 heteroatoms. The second-order valence-corrected chi connectivity index (χ2v) is 8.46. The van der Waals surface area contributed by atoms with Crippen LogP contribution in [0.3, 0.4) is 0 Å². The van der Waals surface area contributed by atoms with Gasteiger partial charge in [0, 0.05) is 58.1 Å². The van der Waals surface area contributed by atoms with Gasteiger partial charge in [-0.25, -0.2) is 4.98 Å². The van der Waals surface area contributed by atoms with Crippen LogP contribution in [0.2, 0.25) is 5.02 Å². The van der Waals surface area contributed by atoms with E-state index in [0.717, 1.165) is 35.2 Å². The molecule has 1 aromatic carbocycles. The van der Waals surface area contributed by atoms with Gasteiger partial charge in [-0.05, 0) is 44.0 Å². The largest absolute Gasteiger partial charge is 0.351 e.